The molecule has 29 heavy (non-hydrogen) atoms. The van der Waals surface area contributed by atoms with Crippen LogP contribution >= 0.6 is 0 Å². The first-order valence-corrected chi connectivity index (χ1v) is 9.94. The molecule has 0 bridgehead atoms. The van der Waals surface area contributed by atoms with Crippen LogP contribution < -0.4 is 10.6 Å². The molecule has 0 spiro atoms. The van der Waals surface area contributed by atoms with Gasteiger partial charge in [-0.3, -0.25) is 9.59 Å². The van der Waals surface area contributed by atoms with Gasteiger partial charge in [0.25, 0.3) is 0 Å². The summed E-state index contributed by atoms with van der Waals surface area (Å²) in [5.41, 5.74) is 2.71. The summed E-state index contributed by atoms with van der Waals surface area (Å²) in [5.74, 6) is 0.246. The average Bonchev–Trinajstić information content (AvgIpc) is 3.08. The van der Waals surface area contributed by atoms with Crippen LogP contribution in [0.15, 0.2) is 30.3 Å². The highest BCUT2D eigenvalue weighted by atomic mass is 16.5. The minimum Gasteiger partial charge on any atom is -0.385 e. The van der Waals surface area contributed by atoms with Crippen molar-refractivity contribution >= 4 is 17.6 Å². The first-order chi connectivity index (χ1) is 13.7. The van der Waals surface area contributed by atoms with Gasteiger partial charge in [-0.2, -0.15) is 5.10 Å². The third-order valence-corrected chi connectivity index (χ3v) is 4.42. The molecule has 0 radical (unpaired) electrons. The monoisotopic (exact) mass is 400 g/mol. The Kier molecular flexibility index (Phi) is 7.96. The quantitative estimate of drug-likeness (QED) is 0.632. The van der Waals surface area contributed by atoms with Crippen molar-refractivity contribution in [2.24, 2.45) is 0 Å². The lowest BCUT2D eigenvalue weighted by Crippen LogP contribution is -2.26. The van der Waals surface area contributed by atoms with E-state index in [-0.39, 0.29) is 30.1 Å². The van der Waals surface area contributed by atoms with Crippen LogP contribution in [-0.2, 0) is 19.7 Å². The second-order valence-corrected chi connectivity index (χ2v) is 8.16. The number of aromatic nitrogens is 2. The molecule has 1 heterocycles. The Labute approximate surface area is 172 Å². The van der Waals surface area contributed by atoms with Crippen molar-refractivity contribution in [1.82, 2.24) is 15.1 Å². The van der Waals surface area contributed by atoms with Crippen LogP contribution in [0, 0.1) is 6.92 Å². The van der Waals surface area contributed by atoms with Gasteiger partial charge in [0, 0.05) is 44.6 Å². The van der Waals surface area contributed by atoms with E-state index < -0.39 is 0 Å². The Morgan fingerprint density at radius 2 is 1.86 bits per heavy atom. The van der Waals surface area contributed by atoms with Crippen LogP contribution in [0.3, 0.4) is 0 Å². The van der Waals surface area contributed by atoms with Gasteiger partial charge >= 0.3 is 0 Å². The van der Waals surface area contributed by atoms with Gasteiger partial charge in [0.05, 0.1) is 11.4 Å². The minimum atomic E-state index is -0.216. The molecule has 0 unspecified atom stereocenters. The van der Waals surface area contributed by atoms with Gasteiger partial charge in [-0.15, -0.1) is 0 Å². The number of hydrogen-bond donors (Lipinski definition) is 2. The van der Waals surface area contributed by atoms with Gasteiger partial charge in [0.15, 0.2) is 0 Å². The van der Waals surface area contributed by atoms with Gasteiger partial charge in [-0.05, 0) is 31.0 Å². The van der Waals surface area contributed by atoms with Crippen molar-refractivity contribution in [2.75, 3.05) is 25.6 Å². The number of anilines is 1. The van der Waals surface area contributed by atoms with E-state index in [1.807, 2.05) is 37.3 Å². The van der Waals surface area contributed by atoms with Gasteiger partial charge in [0.1, 0.15) is 5.82 Å². The molecule has 0 fully saturated rings. The SMILES string of the molecule is COCCCNC(=O)CCC(=O)Nc1cc(C(C)(C)C)nn1-c1cccc(C)c1. The third-order valence-electron chi connectivity index (χ3n) is 4.42. The van der Waals surface area contributed by atoms with Gasteiger partial charge in [0.2, 0.25) is 11.8 Å². The standard InChI is InChI=1S/C22H32N4O3/c1-16-8-6-9-17(14-16)26-19(15-18(25-26)22(2,3)4)24-21(28)11-10-20(27)23-12-7-13-29-5/h6,8-9,14-15H,7,10-13H2,1-5H3,(H,23,27)(H,24,28). The van der Waals surface area contributed by atoms with Gasteiger partial charge < -0.3 is 15.4 Å². The summed E-state index contributed by atoms with van der Waals surface area (Å²) in [6, 6.07) is 9.84. The van der Waals surface area contributed by atoms with Crippen LogP contribution in [0.1, 0.15) is 51.3 Å². The van der Waals surface area contributed by atoms with Crippen LogP contribution in [0.4, 0.5) is 5.82 Å². The van der Waals surface area contributed by atoms with Gasteiger partial charge in [-0.25, -0.2) is 4.68 Å². The lowest BCUT2D eigenvalue weighted by Gasteiger charge is -2.14. The molecule has 2 N–H and O–H groups in total. The number of hydrogen-bond acceptors (Lipinski definition) is 4. The van der Waals surface area contributed by atoms with E-state index >= 15 is 0 Å². The smallest absolute Gasteiger partial charge is 0.226 e. The number of nitrogens with zero attached hydrogens (tertiary/aromatic N) is 2. The van der Waals surface area contributed by atoms with E-state index in [2.05, 4.69) is 31.4 Å². The van der Waals surface area contributed by atoms with Crippen molar-refractivity contribution in [3.63, 3.8) is 0 Å². The maximum atomic E-state index is 12.5. The Bertz CT molecular complexity index is 837. The molecule has 0 aliphatic carbocycles. The van der Waals surface area contributed by atoms with E-state index in [4.69, 9.17) is 9.84 Å². The predicted molar refractivity (Wildman–Crippen MR) is 114 cm³/mol. The molecule has 0 saturated carbocycles. The van der Waals surface area contributed by atoms with E-state index in [9.17, 15) is 9.59 Å². The number of carbonyl (C=O) groups excluding carboxylic acids is 2. The number of ether oxygens (including phenoxy) is 1. The highest BCUT2D eigenvalue weighted by Gasteiger charge is 2.21. The summed E-state index contributed by atoms with van der Waals surface area (Å²) in [6.07, 6.45) is 1.00. The second kappa shape index (κ2) is 10.2. The first-order valence-electron chi connectivity index (χ1n) is 9.94. The zero-order valence-corrected chi connectivity index (χ0v) is 18.0. The molecule has 0 saturated heterocycles. The summed E-state index contributed by atoms with van der Waals surface area (Å²) >= 11 is 0. The molecule has 158 valence electrons. The number of carbonyl (C=O) groups is 2. The lowest BCUT2D eigenvalue weighted by molar-refractivity contribution is -0.124. The Hall–Kier alpha value is -2.67. The van der Waals surface area contributed by atoms with Crippen molar-refractivity contribution in [2.45, 2.75) is 52.4 Å². The molecule has 2 aromatic rings. The highest BCUT2D eigenvalue weighted by molar-refractivity contribution is 5.92. The zero-order valence-electron chi connectivity index (χ0n) is 18.0. The summed E-state index contributed by atoms with van der Waals surface area (Å²) in [4.78, 5) is 24.3. The Morgan fingerprint density at radius 1 is 1.14 bits per heavy atom. The Balaban J connectivity index is 2.06. The largest absolute Gasteiger partial charge is 0.385 e. The fourth-order valence-corrected chi connectivity index (χ4v) is 2.76. The molecule has 7 nitrogen and oxygen atoms in total. The van der Waals surface area contributed by atoms with Gasteiger partial charge in [-0.1, -0.05) is 32.9 Å². The Morgan fingerprint density at radius 3 is 2.52 bits per heavy atom. The fraction of sp³-hybridized carbons (Fsp3) is 0.500. The molecule has 2 amide bonds. The number of aryl methyl sites for hydroxylation is 1. The molecule has 0 aliphatic heterocycles. The molecule has 0 aliphatic rings. The van der Waals surface area contributed by atoms with E-state index in [0.717, 1.165) is 23.4 Å². The average molecular weight is 401 g/mol. The number of methoxy groups -OCH3 is 1. The van der Waals surface area contributed by atoms with Crippen LogP contribution in [0.2, 0.25) is 0 Å². The summed E-state index contributed by atoms with van der Waals surface area (Å²) in [7, 11) is 1.62. The van der Waals surface area contributed by atoms with Crippen LogP contribution in [0.25, 0.3) is 5.69 Å². The highest BCUT2D eigenvalue weighted by Crippen LogP contribution is 2.26. The number of amides is 2. The van der Waals surface area contributed by atoms with E-state index in [0.29, 0.717) is 19.0 Å². The minimum absolute atomic E-state index is 0.111. The van der Waals surface area contributed by atoms with Crippen LogP contribution in [-0.4, -0.2) is 41.9 Å². The molecule has 1 aromatic carbocycles. The normalized spacial score (nSPS) is 11.3. The first kappa shape index (κ1) is 22.6. The summed E-state index contributed by atoms with van der Waals surface area (Å²) in [5, 5.41) is 10.4. The molecule has 2 rings (SSSR count). The van der Waals surface area contributed by atoms with Crippen molar-refractivity contribution in [1.29, 1.82) is 0 Å². The summed E-state index contributed by atoms with van der Waals surface area (Å²) < 4.78 is 6.69. The third kappa shape index (κ3) is 7.02. The number of rotatable bonds is 9. The lowest BCUT2D eigenvalue weighted by atomic mass is 9.92. The molecule has 0 atom stereocenters. The topological polar surface area (TPSA) is 85.2 Å². The number of nitrogens with one attached hydrogen (secondary N) is 2. The second-order valence-electron chi connectivity index (χ2n) is 8.16. The van der Waals surface area contributed by atoms with Crippen molar-refractivity contribution < 1.29 is 14.3 Å². The van der Waals surface area contributed by atoms with E-state index in [1.54, 1.807) is 11.8 Å². The maximum Gasteiger partial charge on any atom is 0.226 e. The fourth-order valence-electron chi connectivity index (χ4n) is 2.76. The predicted octanol–water partition coefficient (Wildman–Crippen LogP) is 3.35. The molecule has 1 aromatic heterocycles. The van der Waals surface area contributed by atoms with Crippen LogP contribution in [0.5, 0.6) is 0 Å². The summed E-state index contributed by atoms with van der Waals surface area (Å²) in [6.45, 7) is 9.39. The number of benzene rings is 1. The van der Waals surface area contributed by atoms with E-state index in [1.165, 1.54) is 0 Å². The zero-order chi connectivity index (χ0) is 21.4. The van der Waals surface area contributed by atoms with Crippen molar-refractivity contribution in [3.05, 3.63) is 41.6 Å². The molecule has 7 heteroatoms. The molecular formula is C22H32N4O3. The molecular weight excluding hydrogens is 368 g/mol. The van der Waals surface area contributed by atoms with Crippen molar-refractivity contribution in [3.8, 4) is 5.69 Å². The maximum absolute atomic E-state index is 12.5.